The summed E-state index contributed by atoms with van der Waals surface area (Å²) in [6.45, 7) is 3.22. The minimum atomic E-state index is 0.532. The van der Waals surface area contributed by atoms with Crippen LogP contribution in [0.25, 0.3) is 0 Å². The maximum Gasteiger partial charge on any atom is 0.119 e. The topological polar surface area (TPSA) is 41.1 Å². The van der Waals surface area contributed by atoms with Crippen LogP contribution >= 0.6 is 0 Å². The molecule has 1 saturated heterocycles. The van der Waals surface area contributed by atoms with Gasteiger partial charge < -0.3 is 9.72 Å². The molecule has 0 aliphatic carbocycles. The van der Waals surface area contributed by atoms with Crippen LogP contribution in [0.3, 0.4) is 0 Å². The molecule has 0 saturated carbocycles. The van der Waals surface area contributed by atoms with Gasteiger partial charge in [-0.15, -0.1) is 0 Å². The third-order valence-electron chi connectivity index (χ3n) is 3.95. The molecule has 0 radical (unpaired) electrons. The van der Waals surface area contributed by atoms with Crippen molar-refractivity contribution in [1.29, 1.82) is 0 Å². The molecule has 1 atom stereocenters. The molecule has 2 heterocycles. The van der Waals surface area contributed by atoms with E-state index in [2.05, 4.69) is 33.1 Å². The monoisotopic (exact) mass is 271 g/mol. The number of ether oxygens (including phenoxy) is 1. The van der Waals surface area contributed by atoms with E-state index in [1.807, 2.05) is 18.5 Å². The van der Waals surface area contributed by atoms with Crippen LogP contribution in [0.5, 0.6) is 5.75 Å². The van der Waals surface area contributed by atoms with E-state index in [1.165, 1.54) is 18.4 Å². The molecule has 1 aromatic carbocycles. The molecule has 20 heavy (non-hydrogen) atoms. The molecule has 1 aliphatic rings. The molecule has 0 spiro atoms. The van der Waals surface area contributed by atoms with Gasteiger partial charge in [0.25, 0.3) is 0 Å². The summed E-state index contributed by atoms with van der Waals surface area (Å²) in [6.07, 6.45) is 6.21. The fourth-order valence-corrected chi connectivity index (χ4v) is 2.95. The summed E-state index contributed by atoms with van der Waals surface area (Å²) in [4.78, 5) is 10.2. The van der Waals surface area contributed by atoms with Gasteiger partial charge in [-0.05, 0) is 37.1 Å². The SMILES string of the molecule is COc1cccc(CN2CCC[C@H](c3ncc[nH]3)C2)c1. The van der Waals surface area contributed by atoms with Gasteiger partial charge in [-0.2, -0.15) is 0 Å². The number of imidazole rings is 1. The third kappa shape index (κ3) is 3.02. The molecule has 4 heteroatoms. The van der Waals surface area contributed by atoms with Crippen molar-refractivity contribution in [3.63, 3.8) is 0 Å². The number of nitrogens with zero attached hydrogens (tertiary/aromatic N) is 2. The van der Waals surface area contributed by atoms with Crippen LogP contribution in [-0.2, 0) is 6.54 Å². The molecule has 106 valence electrons. The van der Waals surface area contributed by atoms with E-state index in [-0.39, 0.29) is 0 Å². The number of rotatable bonds is 4. The predicted octanol–water partition coefficient (Wildman–Crippen LogP) is 2.80. The third-order valence-corrected chi connectivity index (χ3v) is 3.95. The highest BCUT2D eigenvalue weighted by Crippen LogP contribution is 2.25. The van der Waals surface area contributed by atoms with Crippen LogP contribution in [0.4, 0.5) is 0 Å². The van der Waals surface area contributed by atoms with E-state index in [1.54, 1.807) is 7.11 Å². The molecule has 1 fully saturated rings. The summed E-state index contributed by atoms with van der Waals surface area (Å²) in [6, 6.07) is 8.34. The highest BCUT2D eigenvalue weighted by Gasteiger charge is 2.22. The first-order valence-corrected chi connectivity index (χ1v) is 7.19. The summed E-state index contributed by atoms with van der Waals surface area (Å²) in [5.41, 5.74) is 1.31. The van der Waals surface area contributed by atoms with Gasteiger partial charge in [0.15, 0.2) is 0 Å². The average molecular weight is 271 g/mol. The fourth-order valence-electron chi connectivity index (χ4n) is 2.95. The molecule has 1 aromatic heterocycles. The van der Waals surface area contributed by atoms with E-state index in [4.69, 9.17) is 4.74 Å². The molecule has 2 aromatic rings. The van der Waals surface area contributed by atoms with Crippen molar-refractivity contribution in [2.75, 3.05) is 20.2 Å². The first-order chi connectivity index (χ1) is 9.85. The summed E-state index contributed by atoms with van der Waals surface area (Å²) >= 11 is 0. The minimum Gasteiger partial charge on any atom is -0.497 e. The Balaban J connectivity index is 1.65. The number of H-pyrrole nitrogens is 1. The van der Waals surface area contributed by atoms with E-state index < -0.39 is 0 Å². The lowest BCUT2D eigenvalue weighted by molar-refractivity contribution is 0.197. The van der Waals surface area contributed by atoms with Gasteiger partial charge in [0.05, 0.1) is 7.11 Å². The fraction of sp³-hybridized carbons (Fsp3) is 0.438. The first-order valence-electron chi connectivity index (χ1n) is 7.19. The van der Waals surface area contributed by atoms with E-state index in [0.717, 1.165) is 31.2 Å². The molecule has 3 rings (SSSR count). The van der Waals surface area contributed by atoms with Gasteiger partial charge in [0.2, 0.25) is 0 Å². The van der Waals surface area contributed by atoms with Crippen LogP contribution in [-0.4, -0.2) is 35.1 Å². The lowest BCUT2D eigenvalue weighted by atomic mass is 9.97. The van der Waals surface area contributed by atoms with Crippen molar-refractivity contribution in [1.82, 2.24) is 14.9 Å². The summed E-state index contributed by atoms with van der Waals surface area (Å²) in [7, 11) is 1.72. The molecule has 0 amide bonds. The molecular formula is C16H21N3O. The Hall–Kier alpha value is -1.81. The normalized spacial score (nSPS) is 19.9. The number of aromatic nitrogens is 2. The first kappa shape index (κ1) is 13.2. The Morgan fingerprint density at radius 2 is 2.40 bits per heavy atom. The number of aromatic amines is 1. The number of nitrogens with one attached hydrogen (secondary N) is 1. The zero-order valence-electron chi connectivity index (χ0n) is 11.9. The number of piperidine rings is 1. The van der Waals surface area contributed by atoms with E-state index in [9.17, 15) is 0 Å². The molecular weight excluding hydrogens is 250 g/mol. The quantitative estimate of drug-likeness (QED) is 0.929. The second-order valence-corrected chi connectivity index (χ2v) is 5.40. The van der Waals surface area contributed by atoms with Crippen molar-refractivity contribution in [3.05, 3.63) is 48.0 Å². The number of methoxy groups -OCH3 is 1. The Morgan fingerprint density at radius 1 is 1.45 bits per heavy atom. The second-order valence-electron chi connectivity index (χ2n) is 5.40. The van der Waals surface area contributed by atoms with Crippen LogP contribution < -0.4 is 4.74 Å². The zero-order chi connectivity index (χ0) is 13.8. The van der Waals surface area contributed by atoms with Gasteiger partial charge >= 0.3 is 0 Å². The van der Waals surface area contributed by atoms with Gasteiger partial charge in [-0.25, -0.2) is 4.98 Å². The Bertz CT molecular complexity index is 538. The van der Waals surface area contributed by atoms with Crippen LogP contribution in [0.15, 0.2) is 36.7 Å². The van der Waals surface area contributed by atoms with E-state index >= 15 is 0 Å². The Kier molecular flexibility index (Phi) is 4.02. The second kappa shape index (κ2) is 6.09. The van der Waals surface area contributed by atoms with Crippen molar-refractivity contribution in [3.8, 4) is 5.75 Å². The number of benzene rings is 1. The van der Waals surface area contributed by atoms with Crippen molar-refractivity contribution < 1.29 is 4.74 Å². The average Bonchev–Trinajstić information content (AvgIpc) is 3.02. The van der Waals surface area contributed by atoms with Crippen LogP contribution in [0.1, 0.15) is 30.1 Å². The van der Waals surface area contributed by atoms with Crippen LogP contribution in [0.2, 0.25) is 0 Å². The van der Waals surface area contributed by atoms with Gasteiger partial charge in [-0.3, -0.25) is 4.90 Å². The zero-order valence-corrected chi connectivity index (χ0v) is 11.9. The standard InChI is InChI=1S/C16H21N3O/c1-20-15-6-2-4-13(10-15)11-19-9-3-5-14(12-19)16-17-7-8-18-16/h2,4,6-8,10,14H,3,5,9,11-12H2,1H3,(H,17,18)/t14-/m0/s1. The smallest absolute Gasteiger partial charge is 0.119 e. The lowest BCUT2D eigenvalue weighted by Gasteiger charge is -2.31. The largest absolute Gasteiger partial charge is 0.497 e. The molecule has 1 aliphatic heterocycles. The van der Waals surface area contributed by atoms with Crippen molar-refractivity contribution >= 4 is 0 Å². The molecule has 4 nitrogen and oxygen atoms in total. The molecule has 1 N–H and O–H groups in total. The summed E-state index contributed by atoms with van der Waals surface area (Å²) in [5.74, 6) is 2.59. The van der Waals surface area contributed by atoms with Gasteiger partial charge in [0.1, 0.15) is 11.6 Å². The number of hydrogen-bond donors (Lipinski definition) is 1. The Morgan fingerprint density at radius 3 is 3.20 bits per heavy atom. The predicted molar refractivity (Wildman–Crippen MR) is 78.8 cm³/mol. The van der Waals surface area contributed by atoms with E-state index in [0.29, 0.717) is 5.92 Å². The highest BCUT2D eigenvalue weighted by atomic mass is 16.5. The van der Waals surface area contributed by atoms with Crippen molar-refractivity contribution in [2.24, 2.45) is 0 Å². The maximum atomic E-state index is 5.29. The van der Waals surface area contributed by atoms with Crippen molar-refractivity contribution in [2.45, 2.75) is 25.3 Å². The maximum absolute atomic E-state index is 5.29. The van der Waals surface area contributed by atoms with Crippen LogP contribution in [0, 0.1) is 0 Å². The highest BCUT2D eigenvalue weighted by molar-refractivity contribution is 5.28. The van der Waals surface area contributed by atoms with Gasteiger partial charge in [0, 0.05) is 31.4 Å². The summed E-state index contributed by atoms with van der Waals surface area (Å²) in [5, 5.41) is 0. The Labute approximate surface area is 119 Å². The number of likely N-dealkylation sites (tertiary alicyclic amines) is 1. The molecule has 0 unspecified atom stereocenters. The summed E-state index contributed by atoms with van der Waals surface area (Å²) < 4.78 is 5.29. The number of hydrogen-bond acceptors (Lipinski definition) is 3. The lowest BCUT2D eigenvalue weighted by Crippen LogP contribution is -2.34. The minimum absolute atomic E-state index is 0.532. The molecule has 0 bridgehead atoms. The van der Waals surface area contributed by atoms with Gasteiger partial charge in [-0.1, -0.05) is 12.1 Å².